The molecular formula is C10H12S. The van der Waals surface area contributed by atoms with Crippen LogP contribution in [0.15, 0.2) is 33.8 Å². The Morgan fingerprint density at radius 3 is 2.64 bits per heavy atom. The molecule has 0 aromatic rings. The minimum absolute atomic E-state index is 0.679. The first-order valence-corrected chi connectivity index (χ1v) is 4.85. The summed E-state index contributed by atoms with van der Waals surface area (Å²) >= 11 is 1.99. The zero-order valence-electron chi connectivity index (χ0n) is 7.14. The van der Waals surface area contributed by atoms with E-state index in [9.17, 15) is 0 Å². The van der Waals surface area contributed by atoms with Gasteiger partial charge in [-0.2, -0.15) is 0 Å². The summed E-state index contributed by atoms with van der Waals surface area (Å²) in [4.78, 5) is 1.50. The first-order valence-electron chi connectivity index (χ1n) is 3.97. The molecule has 2 rings (SSSR count). The van der Waals surface area contributed by atoms with Gasteiger partial charge in [-0.1, -0.05) is 12.2 Å². The van der Waals surface area contributed by atoms with Crippen LogP contribution in [0.2, 0.25) is 0 Å². The molecule has 1 heterocycles. The third-order valence-electron chi connectivity index (χ3n) is 2.34. The van der Waals surface area contributed by atoms with E-state index >= 15 is 0 Å². The predicted octanol–water partition coefficient (Wildman–Crippen LogP) is 3.28. The van der Waals surface area contributed by atoms with Gasteiger partial charge in [0, 0.05) is 5.25 Å². The van der Waals surface area contributed by atoms with Crippen LogP contribution in [0, 0.1) is 0 Å². The molecule has 11 heavy (non-hydrogen) atoms. The molecule has 0 aromatic heterocycles. The summed E-state index contributed by atoms with van der Waals surface area (Å²) in [5, 5.41) is 0.679. The summed E-state index contributed by atoms with van der Waals surface area (Å²) in [7, 11) is 0. The summed E-state index contributed by atoms with van der Waals surface area (Å²) in [6, 6.07) is 0. The molecule has 2 aliphatic rings. The van der Waals surface area contributed by atoms with Crippen LogP contribution in [-0.4, -0.2) is 5.25 Å². The smallest absolute Gasteiger partial charge is 0.0319 e. The molecule has 1 atom stereocenters. The summed E-state index contributed by atoms with van der Waals surface area (Å²) in [5.74, 6) is 0. The highest BCUT2D eigenvalue weighted by molar-refractivity contribution is 8.04. The van der Waals surface area contributed by atoms with Crippen LogP contribution in [0.25, 0.3) is 0 Å². The van der Waals surface area contributed by atoms with E-state index in [2.05, 4.69) is 32.9 Å². The van der Waals surface area contributed by atoms with E-state index in [0.29, 0.717) is 5.25 Å². The topological polar surface area (TPSA) is 0 Å². The minimum atomic E-state index is 0.679. The Bertz CT molecular complexity index is 289. The van der Waals surface area contributed by atoms with E-state index in [1.165, 1.54) is 21.6 Å². The second kappa shape index (κ2) is 2.28. The van der Waals surface area contributed by atoms with Gasteiger partial charge in [-0.15, -0.1) is 11.8 Å². The van der Waals surface area contributed by atoms with Crippen molar-refractivity contribution in [1.82, 2.24) is 0 Å². The van der Waals surface area contributed by atoms with Crippen molar-refractivity contribution < 1.29 is 0 Å². The van der Waals surface area contributed by atoms with E-state index in [1.54, 1.807) is 0 Å². The molecule has 1 heteroatoms. The van der Waals surface area contributed by atoms with Crippen molar-refractivity contribution >= 4 is 11.8 Å². The van der Waals surface area contributed by atoms with Crippen LogP contribution >= 0.6 is 11.8 Å². The zero-order chi connectivity index (χ0) is 8.01. The molecule has 0 amide bonds. The maximum Gasteiger partial charge on any atom is 0.0319 e. The minimum Gasteiger partial charge on any atom is -0.122 e. The second-order valence-electron chi connectivity index (χ2n) is 3.16. The Balaban J connectivity index is 2.49. The summed E-state index contributed by atoms with van der Waals surface area (Å²) in [5.41, 5.74) is 4.49. The van der Waals surface area contributed by atoms with Crippen LogP contribution in [0.1, 0.15) is 20.8 Å². The summed E-state index contributed by atoms with van der Waals surface area (Å²) in [6.07, 6.45) is 4.49. The Morgan fingerprint density at radius 2 is 2.00 bits per heavy atom. The highest BCUT2D eigenvalue weighted by Gasteiger charge is 2.27. The molecule has 0 radical (unpaired) electrons. The zero-order valence-corrected chi connectivity index (χ0v) is 7.96. The van der Waals surface area contributed by atoms with Crippen molar-refractivity contribution in [2.75, 3.05) is 0 Å². The van der Waals surface area contributed by atoms with Crippen molar-refractivity contribution in [2.24, 2.45) is 0 Å². The number of thioether (sulfide) groups is 1. The number of allylic oxidation sites excluding steroid dienone is 5. The standard InChI is InChI=1S/C10H12S/c1-6-4-5-9-7(2)11-8(3)10(6)9/h4-5,7H,1-3H3. The average Bonchev–Trinajstić information content (AvgIpc) is 2.41. The second-order valence-corrected chi connectivity index (χ2v) is 4.72. The van der Waals surface area contributed by atoms with Gasteiger partial charge < -0.3 is 0 Å². The molecule has 58 valence electrons. The SMILES string of the molecule is CC1=CC=C2C1=C(C)SC2C. The van der Waals surface area contributed by atoms with Crippen LogP contribution in [0.5, 0.6) is 0 Å². The van der Waals surface area contributed by atoms with E-state index in [4.69, 9.17) is 0 Å². The first-order chi connectivity index (χ1) is 5.20. The molecular weight excluding hydrogens is 152 g/mol. The fourth-order valence-corrected chi connectivity index (χ4v) is 3.07. The van der Waals surface area contributed by atoms with Crippen LogP contribution < -0.4 is 0 Å². The van der Waals surface area contributed by atoms with Gasteiger partial charge >= 0.3 is 0 Å². The number of fused-ring (bicyclic) bond motifs is 1. The van der Waals surface area contributed by atoms with E-state index in [-0.39, 0.29) is 0 Å². The van der Waals surface area contributed by atoms with Crippen LogP contribution in [0.3, 0.4) is 0 Å². The van der Waals surface area contributed by atoms with E-state index in [0.717, 1.165) is 0 Å². The Kier molecular flexibility index (Phi) is 1.50. The molecule has 0 aromatic carbocycles. The molecule has 0 nitrogen and oxygen atoms in total. The molecule has 0 saturated carbocycles. The molecule has 1 aliphatic heterocycles. The lowest BCUT2D eigenvalue weighted by atomic mass is 10.0. The van der Waals surface area contributed by atoms with Crippen molar-refractivity contribution in [1.29, 1.82) is 0 Å². The fourth-order valence-electron chi connectivity index (χ4n) is 1.82. The van der Waals surface area contributed by atoms with Crippen molar-refractivity contribution in [3.05, 3.63) is 33.8 Å². The molecule has 0 fully saturated rings. The maximum absolute atomic E-state index is 2.28. The monoisotopic (exact) mass is 164 g/mol. The molecule has 0 N–H and O–H groups in total. The lowest BCUT2D eigenvalue weighted by Crippen LogP contribution is -1.93. The van der Waals surface area contributed by atoms with Gasteiger partial charge in [-0.25, -0.2) is 0 Å². The van der Waals surface area contributed by atoms with Crippen LogP contribution in [0.4, 0.5) is 0 Å². The molecule has 1 aliphatic carbocycles. The van der Waals surface area contributed by atoms with Gasteiger partial charge in [-0.3, -0.25) is 0 Å². The highest BCUT2D eigenvalue weighted by atomic mass is 32.2. The molecule has 0 saturated heterocycles. The average molecular weight is 164 g/mol. The molecule has 0 spiro atoms. The Hall–Kier alpha value is -0.430. The third-order valence-corrected chi connectivity index (χ3v) is 3.50. The largest absolute Gasteiger partial charge is 0.122 e. The first kappa shape index (κ1) is 7.23. The highest BCUT2D eigenvalue weighted by Crippen LogP contribution is 2.46. The van der Waals surface area contributed by atoms with Crippen molar-refractivity contribution in [3.63, 3.8) is 0 Å². The lowest BCUT2D eigenvalue weighted by molar-refractivity contribution is 1.17. The third kappa shape index (κ3) is 0.908. The van der Waals surface area contributed by atoms with E-state index < -0.39 is 0 Å². The van der Waals surface area contributed by atoms with Crippen molar-refractivity contribution in [3.8, 4) is 0 Å². The number of hydrogen-bond donors (Lipinski definition) is 0. The van der Waals surface area contributed by atoms with Gasteiger partial charge in [0.1, 0.15) is 0 Å². The van der Waals surface area contributed by atoms with Gasteiger partial charge in [0.25, 0.3) is 0 Å². The van der Waals surface area contributed by atoms with E-state index in [1.807, 2.05) is 11.8 Å². The predicted molar refractivity (Wildman–Crippen MR) is 51.6 cm³/mol. The van der Waals surface area contributed by atoms with Gasteiger partial charge in [0.15, 0.2) is 0 Å². The number of rotatable bonds is 0. The quantitative estimate of drug-likeness (QED) is 0.529. The van der Waals surface area contributed by atoms with Gasteiger partial charge in [0.05, 0.1) is 0 Å². The van der Waals surface area contributed by atoms with Crippen molar-refractivity contribution in [2.45, 2.75) is 26.0 Å². The normalized spacial score (nSPS) is 28.8. The maximum atomic E-state index is 2.28. The van der Waals surface area contributed by atoms with Crippen LogP contribution in [-0.2, 0) is 0 Å². The summed E-state index contributed by atoms with van der Waals surface area (Å²) in [6.45, 7) is 6.69. The van der Waals surface area contributed by atoms with Gasteiger partial charge in [0.2, 0.25) is 0 Å². The molecule has 1 unspecified atom stereocenters. The Labute approximate surface area is 72.1 Å². The number of hydrogen-bond acceptors (Lipinski definition) is 1. The van der Waals surface area contributed by atoms with Gasteiger partial charge in [-0.05, 0) is 42.4 Å². The fraction of sp³-hybridized carbons (Fsp3) is 0.400. The Morgan fingerprint density at radius 1 is 1.27 bits per heavy atom. The summed E-state index contributed by atoms with van der Waals surface area (Å²) < 4.78 is 0. The molecule has 0 bridgehead atoms. The lowest BCUT2D eigenvalue weighted by Gasteiger charge is -2.02.